The van der Waals surface area contributed by atoms with Crippen LogP contribution < -0.4 is 0 Å². The van der Waals surface area contributed by atoms with Crippen LogP contribution in [0.3, 0.4) is 0 Å². The van der Waals surface area contributed by atoms with Crippen LogP contribution in [0.15, 0.2) is 48.5 Å². The van der Waals surface area contributed by atoms with Gasteiger partial charge in [-0.15, -0.1) is 0 Å². The van der Waals surface area contributed by atoms with Gasteiger partial charge in [-0.05, 0) is 73.1 Å². The molecule has 0 amide bonds. The summed E-state index contributed by atoms with van der Waals surface area (Å²) in [6.45, 7) is 4.55. The normalized spacial score (nSPS) is 16.8. The minimum atomic E-state index is 0.934. The van der Waals surface area contributed by atoms with Gasteiger partial charge in [-0.2, -0.15) is 0 Å². The second-order valence-corrected chi connectivity index (χ2v) is 11.6. The monoisotopic (exact) mass is 508 g/mol. The molecule has 2 aromatic rings. The minimum absolute atomic E-state index is 0.934. The molecule has 3 rings (SSSR count). The second-order valence-electron chi connectivity index (χ2n) is 11.6. The number of hydrogen-bond acceptors (Lipinski definition) is 0. The molecule has 0 saturated heterocycles. The molecule has 0 radical (unpaired) electrons. The Morgan fingerprint density at radius 1 is 0.526 bits per heavy atom. The molecule has 1 fully saturated rings. The van der Waals surface area contributed by atoms with Gasteiger partial charge in [-0.3, -0.25) is 0 Å². The van der Waals surface area contributed by atoms with E-state index in [-0.39, 0.29) is 0 Å². The Balaban J connectivity index is 1.33. The topological polar surface area (TPSA) is 0 Å². The fourth-order valence-electron chi connectivity index (χ4n) is 5.73. The van der Waals surface area contributed by atoms with E-state index in [0.717, 1.165) is 34.9 Å². The summed E-state index contributed by atoms with van der Waals surface area (Å²) in [5, 5.41) is 0. The lowest BCUT2D eigenvalue weighted by molar-refractivity contribution is 0.248. The molecule has 38 heavy (non-hydrogen) atoms. The average Bonchev–Trinajstić information content (AvgIpc) is 2.96. The first kappa shape index (κ1) is 30.1. The smallest absolute Gasteiger partial charge is 0.0249 e. The lowest BCUT2D eigenvalue weighted by Gasteiger charge is -2.28. The lowest BCUT2D eigenvalue weighted by Crippen LogP contribution is -2.15. The van der Waals surface area contributed by atoms with Gasteiger partial charge in [0.25, 0.3) is 0 Å². The van der Waals surface area contributed by atoms with Crippen molar-refractivity contribution < 1.29 is 0 Å². The molecule has 0 heteroatoms. The third kappa shape index (κ3) is 12.4. The number of benzene rings is 2. The van der Waals surface area contributed by atoms with E-state index in [4.69, 9.17) is 0 Å². The van der Waals surface area contributed by atoms with Crippen molar-refractivity contribution in [1.29, 1.82) is 0 Å². The van der Waals surface area contributed by atoms with Gasteiger partial charge in [0.15, 0.2) is 0 Å². The molecule has 0 bridgehead atoms. The van der Waals surface area contributed by atoms with Gasteiger partial charge in [-0.25, -0.2) is 0 Å². The standard InChI is InChI=1S/C38H52/c1-3-5-7-9-11-13-15-33-17-21-35(22-18-33)25-27-37-29-31-38(32-30-37)28-26-36-23-19-34(20-24-36)16-14-12-10-8-6-4-2/h19-20,23-24,29-33,35H,3-13,15,17-18,21-22,25,27H2,1-2H3. The summed E-state index contributed by atoms with van der Waals surface area (Å²) in [7, 11) is 0. The van der Waals surface area contributed by atoms with E-state index in [1.807, 2.05) is 0 Å². The number of hydrogen-bond donors (Lipinski definition) is 0. The summed E-state index contributed by atoms with van der Waals surface area (Å²) < 4.78 is 0. The van der Waals surface area contributed by atoms with Crippen LogP contribution >= 0.6 is 0 Å². The Bertz CT molecular complexity index is 994. The van der Waals surface area contributed by atoms with Crippen molar-refractivity contribution in [3.05, 3.63) is 70.8 Å². The Kier molecular flexibility index (Phi) is 14.9. The van der Waals surface area contributed by atoms with Crippen LogP contribution in [-0.2, 0) is 6.42 Å². The van der Waals surface area contributed by atoms with Crippen molar-refractivity contribution in [3.63, 3.8) is 0 Å². The molecule has 0 spiro atoms. The van der Waals surface area contributed by atoms with Gasteiger partial charge in [-0.1, -0.05) is 140 Å². The summed E-state index contributed by atoms with van der Waals surface area (Å²) >= 11 is 0. The van der Waals surface area contributed by atoms with E-state index in [1.54, 1.807) is 0 Å². The van der Waals surface area contributed by atoms with E-state index < -0.39 is 0 Å². The van der Waals surface area contributed by atoms with Crippen molar-refractivity contribution in [2.75, 3.05) is 0 Å². The third-order valence-electron chi connectivity index (χ3n) is 8.35. The molecule has 0 atom stereocenters. The molecule has 1 aliphatic rings. The molecular weight excluding hydrogens is 456 g/mol. The van der Waals surface area contributed by atoms with Crippen LogP contribution in [0.25, 0.3) is 0 Å². The van der Waals surface area contributed by atoms with Crippen molar-refractivity contribution in [1.82, 2.24) is 0 Å². The van der Waals surface area contributed by atoms with Crippen LogP contribution in [-0.4, -0.2) is 0 Å². The third-order valence-corrected chi connectivity index (χ3v) is 8.35. The van der Waals surface area contributed by atoms with E-state index in [1.165, 1.54) is 115 Å². The van der Waals surface area contributed by atoms with E-state index >= 15 is 0 Å². The van der Waals surface area contributed by atoms with Gasteiger partial charge in [0.05, 0.1) is 0 Å². The SMILES string of the molecule is CCCCCCC#Cc1ccc(C#Cc2ccc(CCC3CCC(CCCCCCCC)CC3)cc2)cc1. The molecule has 1 aliphatic carbocycles. The Hall–Kier alpha value is -2.44. The Labute approximate surface area is 235 Å². The van der Waals surface area contributed by atoms with Crippen LogP contribution in [0.5, 0.6) is 0 Å². The zero-order valence-electron chi connectivity index (χ0n) is 24.5. The van der Waals surface area contributed by atoms with Crippen molar-refractivity contribution in [3.8, 4) is 23.7 Å². The van der Waals surface area contributed by atoms with Crippen LogP contribution in [0, 0.1) is 35.5 Å². The first-order valence-electron chi connectivity index (χ1n) is 16.0. The maximum Gasteiger partial charge on any atom is 0.0249 e. The van der Waals surface area contributed by atoms with E-state index in [2.05, 4.69) is 86.1 Å². The van der Waals surface area contributed by atoms with Crippen molar-refractivity contribution >= 4 is 0 Å². The Morgan fingerprint density at radius 2 is 1.00 bits per heavy atom. The molecule has 2 aromatic carbocycles. The quantitative estimate of drug-likeness (QED) is 0.176. The molecule has 0 aromatic heterocycles. The molecule has 0 aliphatic heterocycles. The fraction of sp³-hybridized carbons (Fsp3) is 0.579. The Morgan fingerprint density at radius 3 is 1.61 bits per heavy atom. The second kappa shape index (κ2) is 18.8. The van der Waals surface area contributed by atoms with Crippen LogP contribution in [0.2, 0.25) is 0 Å². The first-order valence-corrected chi connectivity index (χ1v) is 16.0. The van der Waals surface area contributed by atoms with Gasteiger partial charge >= 0.3 is 0 Å². The summed E-state index contributed by atoms with van der Waals surface area (Å²) in [5.74, 6) is 15.2. The highest BCUT2D eigenvalue weighted by Gasteiger charge is 2.20. The molecule has 0 unspecified atom stereocenters. The molecular formula is C38H52. The maximum absolute atomic E-state index is 3.33. The first-order chi connectivity index (χ1) is 18.8. The highest BCUT2D eigenvalue weighted by molar-refractivity contribution is 5.46. The predicted octanol–water partition coefficient (Wildman–Crippen LogP) is 10.9. The lowest BCUT2D eigenvalue weighted by atomic mass is 9.77. The van der Waals surface area contributed by atoms with Crippen LogP contribution in [0.1, 0.15) is 145 Å². The minimum Gasteiger partial charge on any atom is -0.0979 e. The zero-order valence-corrected chi connectivity index (χ0v) is 24.5. The summed E-state index contributed by atoms with van der Waals surface area (Å²) in [6.07, 6.45) is 24.6. The largest absolute Gasteiger partial charge is 0.0979 e. The van der Waals surface area contributed by atoms with Gasteiger partial charge < -0.3 is 0 Å². The molecule has 1 saturated carbocycles. The summed E-state index contributed by atoms with van der Waals surface area (Å²) in [4.78, 5) is 0. The molecule has 204 valence electrons. The van der Waals surface area contributed by atoms with Crippen LogP contribution in [0.4, 0.5) is 0 Å². The predicted molar refractivity (Wildman–Crippen MR) is 166 cm³/mol. The number of rotatable bonds is 14. The van der Waals surface area contributed by atoms with Crippen molar-refractivity contribution in [2.24, 2.45) is 11.8 Å². The highest BCUT2D eigenvalue weighted by atomic mass is 14.3. The average molecular weight is 509 g/mol. The van der Waals surface area contributed by atoms with Gasteiger partial charge in [0, 0.05) is 23.1 Å². The molecule has 0 heterocycles. The van der Waals surface area contributed by atoms with Gasteiger partial charge in [0.1, 0.15) is 0 Å². The highest BCUT2D eigenvalue weighted by Crippen LogP contribution is 2.34. The van der Waals surface area contributed by atoms with Gasteiger partial charge in [0.2, 0.25) is 0 Å². The summed E-state index contributed by atoms with van der Waals surface area (Å²) in [5.41, 5.74) is 4.69. The number of aryl methyl sites for hydroxylation is 1. The molecule has 0 N–H and O–H groups in total. The maximum atomic E-state index is 3.33. The summed E-state index contributed by atoms with van der Waals surface area (Å²) in [6, 6.07) is 17.3. The fourth-order valence-corrected chi connectivity index (χ4v) is 5.73. The van der Waals surface area contributed by atoms with E-state index in [0.29, 0.717) is 0 Å². The zero-order chi connectivity index (χ0) is 26.7. The molecule has 0 nitrogen and oxygen atoms in total. The van der Waals surface area contributed by atoms with Crippen molar-refractivity contribution in [2.45, 2.75) is 129 Å². The number of unbranched alkanes of at least 4 members (excludes halogenated alkanes) is 9. The van der Waals surface area contributed by atoms with E-state index in [9.17, 15) is 0 Å².